The van der Waals surface area contributed by atoms with Gasteiger partial charge < -0.3 is 19.9 Å². The van der Waals surface area contributed by atoms with Crippen LogP contribution in [-0.4, -0.2) is 32.4 Å². The number of rotatable bonds is 5. The Balaban J connectivity index is 1.48. The number of hydrogen-bond acceptors (Lipinski definition) is 5. The third-order valence-electron chi connectivity index (χ3n) is 4.29. The van der Waals surface area contributed by atoms with Crippen LogP contribution >= 0.6 is 0 Å². The average Bonchev–Trinajstić information content (AvgIpc) is 3.26. The molecule has 10 heteroatoms. The van der Waals surface area contributed by atoms with Gasteiger partial charge in [0.05, 0.1) is 12.2 Å². The van der Waals surface area contributed by atoms with Crippen molar-refractivity contribution in [2.24, 2.45) is 0 Å². The number of carbonyl (C=O) groups excluding carboxylic acids is 1. The van der Waals surface area contributed by atoms with Crippen molar-refractivity contribution >= 4 is 22.6 Å². The van der Waals surface area contributed by atoms with Gasteiger partial charge in [0.25, 0.3) is 0 Å². The number of nitrogens with one attached hydrogen (secondary N) is 2. The second kappa shape index (κ2) is 7.14. The number of benzene rings is 1. The zero-order chi connectivity index (χ0) is 18.8. The van der Waals surface area contributed by atoms with Gasteiger partial charge in [-0.05, 0) is 30.7 Å². The van der Waals surface area contributed by atoms with Crippen LogP contribution in [0, 0.1) is 0 Å². The van der Waals surface area contributed by atoms with Gasteiger partial charge in [-0.1, -0.05) is 0 Å². The fraction of sp³-hybridized carbons (Fsp3) is 0.294. The van der Waals surface area contributed by atoms with E-state index in [1.54, 1.807) is 12.1 Å². The van der Waals surface area contributed by atoms with E-state index in [-0.39, 0.29) is 17.8 Å². The highest BCUT2D eigenvalue weighted by atomic mass is 19.3. The minimum Gasteiger partial charge on any atom is -0.432 e. The molecule has 4 rings (SSSR count). The van der Waals surface area contributed by atoms with Crippen LogP contribution in [0.5, 0.6) is 5.75 Å². The molecule has 0 saturated carbocycles. The zero-order valence-corrected chi connectivity index (χ0v) is 14.2. The van der Waals surface area contributed by atoms with Gasteiger partial charge in [0.2, 0.25) is 0 Å². The van der Waals surface area contributed by atoms with E-state index >= 15 is 0 Å². The van der Waals surface area contributed by atoms with Gasteiger partial charge in [0.15, 0.2) is 11.6 Å². The largest absolute Gasteiger partial charge is 0.432 e. The lowest BCUT2D eigenvalue weighted by Crippen LogP contribution is -2.29. The Kier molecular flexibility index (Phi) is 4.53. The van der Waals surface area contributed by atoms with E-state index in [0.29, 0.717) is 16.9 Å². The first-order valence-electron chi connectivity index (χ1n) is 8.40. The van der Waals surface area contributed by atoms with Crippen LogP contribution < -0.4 is 15.4 Å². The number of urea groups is 1. The van der Waals surface area contributed by atoms with Crippen LogP contribution in [0.1, 0.15) is 18.1 Å². The van der Waals surface area contributed by atoms with Crippen molar-refractivity contribution in [2.75, 3.05) is 5.32 Å². The fourth-order valence-electron chi connectivity index (χ4n) is 3.11. The molecule has 0 fully saturated rings. The molecular weight excluding hydrogens is 358 g/mol. The predicted octanol–water partition coefficient (Wildman–Crippen LogP) is 2.70. The third-order valence-corrected chi connectivity index (χ3v) is 4.29. The van der Waals surface area contributed by atoms with Crippen molar-refractivity contribution in [1.82, 2.24) is 25.1 Å². The maximum absolute atomic E-state index is 12.5. The minimum absolute atomic E-state index is 0.0504. The summed E-state index contributed by atoms with van der Waals surface area (Å²) in [7, 11) is 0. The molecule has 1 aliphatic rings. The van der Waals surface area contributed by atoms with E-state index in [1.807, 2.05) is 4.57 Å². The molecule has 0 aliphatic carbocycles. The standard InChI is InChI=1S/C17H16F2N6O2/c18-16(19)27-12-6-5-11(10-3-1-7-20-15(10)12)22-17(26)21-9-14-24-23-13-4-2-8-25(13)14/h1,3,5-7,16H,2,4,8-9H2,(H2,21,22,26). The normalized spacial score (nSPS) is 13.0. The van der Waals surface area contributed by atoms with Crippen LogP contribution in [0.2, 0.25) is 0 Å². The molecule has 1 aliphatic heterocycles. The second-order valence-electron chi connectivity index (χ2n) is 5.98. The Morgan fingerprint density at radius 1 is 1.30 bits per heavy atom. The van der Waals surface area contributed by atoms with Crippen LogP contribution in [0.15, 0.2) is 30.5 Å². The van der Waals surface area contributed by atoms with Gasteiger partial charge in [-0.3, -0.25) is 4.98 Å². The summed E-state index contributed by atoms with van der Waals surface area (Å²) in [4.78, 5) is 16.3. The summed E-state index contributed by atoms with van der Waals surface area (Å²) < 4.78 is 31.6. The number of aryl methyl sites for hydroxylation is 1. The first-order chi connectivity index (χ1) is 13.1. The summed E-state index contributed by atoms with van der Waals surface area (Å²) in [5.41, 5.74) is 0.676. The van der Waals surface area contributed by atoms with E-state index in [0.717, 1.165) is 25.2 Å². The van der Waals surface area contributed by atoms with Crippen LogP contribution in [0.4, 0.5) is 19.3 Å². The molecule has 0 unspecified atom stereocenters. The molecule has 27 heavy (non-hydrogen) atoms. The molecule has 3 heterocycles. The van der Waals surface area contributed by atoms with Gasteiger partial charge in [-0.25, -0.2) is 4.79 Å². The number of nitrogens with zero attached hydrogens (tertiary/aromatic N) is 4. The summed E-state index contributed by atoms with van der Waals surface area (Å²) >= 11 is 0. The third kappa shape index (κ3) is 3.50. The number of halogens is 2. The number of amides is 2. The van der Waals surface area contributed by atoms with E-state index in [2.05, 4.69) is 30.6 Å². The summed E-state index contributed by atoms with van der Waals surface area (Å²) in [6.45, 7) is -1.87. The Hall–Kier alpha value is -3.30. The average molecular weight is 374 g/mol. The molecule has 0 atom stereocenters. The molecular formula is C17H16F2N6O2. The number of anilines is 1. The Morgan fingerprint density at radius 2 is 2.19 bits per heavy atom. The lowest BCUT2D eigenvalue weighted by Gasteiger charge is -2.12. The number of pyridine rings is 1. The summed E-state index contributed by atoms with van der Waals surface area (Å²) in [6.07, 6.45) is 3.39. The number of aromatic nitrogens is 4. The molecule has 0 spiro atoms. The maximum atomic E-state index is 12.5. The van der Waals surface area contributed by atoms with Crippen LogP contribution in [0.25, 0.3) is 10.9 Å². The molecule has 140 valence electrons. The van der Waals surface area contributed by atoms with Crippen LogP contribution in [0.3, 0.4) is 0 Å². The highest BCUT2D eigenvalue weighted by Crippen LogP contribution is 2.30. The number of hydrogen-bond donors (Lipinski definition) is 2. The van der Waals surface area contributed by atoms with Crippen molar-refractivity contribution in [1.29, 1.82) is 0 Å². The molecule has 2 amide bonds. The molecule has 3 aromatic rings. The van der Waals surface area contributed by atoms with Crippen molar-refractivity contribution in [3.05, 3.63) is 42.1 Å². The topological polar surface area (TPSA) is 94.0 Å². The lowest BCUT2D eigenvalue weighted by molar-refractivity contribution is -0.0489. The fourth-order valence-corrected chi connectivity index (χ4v) is 3.11. The smallest absolute Gasteiger partial charge is 0.387 e. The highest BCUT2D eigenvalue weighted by molar-refractivity contribution is 6.02. The zero-order valence-electron chi connectivity index (χ0n) is 14.2. The first kappa shape index (κ1) is 17.1. The van der Waals surface area contributed by atoms with Crippen molar-refractivity contribution in [3.63, 3.8) is 0 Å². The summed E-state index contributed by atoms with van der Waals surface area (Å²) in [5, 5.41) is 14.1. The van der Waals surface area contributed by atoms with Crippen molar-refractivity contribution < 1.29 is 18.3 Å². The molecule has 0 radical (unpaired) electrons. The molecule has 2 aromatic heterocycles. The van der Waals surface area contributed by atoms with Gasteiger partial charge in [0, 0.05) is 24.5 Å². The Morgan fingerprint density at radius 3 is 3.04 bits per heavy atom. The van der Waals surface area contributed by atoms with Gasteiger partial charge in [-0.2, -0.15) is 8.78 Å². The number of carbonyl (C=O) groups is 1. The molecule has 1 aromatic carbocycles. The number of ether oxygens (including phenoxy) is 1. The van der Waals surface area contributed by atoms with Gasteiger partial charge in [0.1, 0.15) is 11.3 Å². The van der Waals surface area contributed by atoms with E-state index in [4.69, 9.17) is 0 Å². The predicted molar refractivity (Wildman–Crippen MR) is 92.6 cm³/mol. The van der Waals surface area contributed by atoms with Gasteiger partial charge >= 0.3 is 12.6 Å². The highest BCUT2D eigenvalue weighted by Gasteiger charge is 2.18. The van der Waals surface area contributed by atoms with Crippen molar-refractivity contribution in [2.45, 2.75) is 32.5 Å². The Bertz CT molecular complexity index is 991. The van der Waals surface area contributed by atoms with E-state index < -0.39 is 12.6 Å². The summed E-state index contributed by atoms with van der Waals surface area (Å²) in [6, 6.07) is 5.72. The Labute approximate surface area is 152 Å². The van der Waals surface area contributed by atoms with E-state index in [9.17, 15) is 13.6 Å². The SMILES string of the molecule is O=C(NCc1nnc2n1CCC2)Nc1ccc(OC(F)F)c2ncccc12. The van der Waals surface area contributed by atoms with Crippen molar-refractivity contribution in [3.8, 4) is 5.75 Å². The number of fused-ring (bicyclic) bond motifs is 2. The quantitative estimate of drug-likeness (QED) is 0.716. The maximum Gasteiger partial charge on any atom is 0.387 e. The lowest BCUT2D eigenvalue weighted by atomic mass is 10.1. The first-order valence-corrected chi connectivity index (χ1v) is 8.40. The number of alkyl halides is 2. The molecule has 2 N–H and O–H groups in total. The minimum atomic E-state index is -2.96. The second-order valence-corrected chi connectivity index (χ2v) is 5.98. The monoisotopic (exact) mass is 374 g/mol. The molecule has 0 bridgehead atoms. The summed E-state index contributed by atoms with van der Waals surface area (Å²) in [5.74, 6) is 1.58. The molecule has 0 saturated heterocycles. The van der Waals surface area contributed by atoms with Crippen LogP contribution in [-0.2, 0) is 19.5 Å². The van der Waals surface area contributed by atoms with Gasteiger partial charge in [-0.15, -0.1) is 10.2 Å². The molecule has 8 nitrogen and oxygen atoms in total. The van der Waals surface area contributed by atoms with E-state index in [1.165, 1.54) is 18.3 Å².